The number of benzene rings is 2. The molecule has 1 aliphatic heterocycles. The van der Waals surface area contributed by atoms with Crippen molar-refractivity contribution < 1.29 is 14.6 Å². The first kappa shape index (κ1) is 17.9. The van der Waals surface area contributed by atoms with Crippen molar-refractivity contribution in [1.29, 1.82) is 0 Å². The molecule has 0 amide bonds. The van der Waals surface area contributed by atoms with Gasteiger partial charge in [0.25, 0.3) is 0 Å². The highest BCUT2D eigenvalue weighted by Crippen LogP contribution is 2.32. The molecule has 0 saturated heterocycles. The molecule has 0 aromatic heterocycles. The lowest BCUT2D eigenvalue weighted by Crippen LogP contribution is -2.30. The lowest BCUT2D eigenvalue weighted by Gasteiger charge is -2.13. The summed E-state index contributed by atoms with van der Waals surface area (Å²) in [7, 11) is 0. The molecule has 138 valence electrons. The van der Waals surface area contributed by atoms with Gasteiger partial charge < -0.3 is 25.2 Å². The van der Waals surface area contributed by atoms with Gasteiger partial charge in [-0.15, -0.1) is 0 Å². The summed E-state index contributed by atoms with van der Waals surface area (Å²) in [5, 5.41) is 16.1. The van der Waals surface area contributed by atoms with Gasteiger partial charge in [-0.3, -0.25) is 4.99 Å². The number of hydrogen-bond acceptors (Lipinski definition) is 4. The predicted molar refractivity (Wildman–Crippen MR) is 103 cm³/mol. The fourth-order valence-corrected chi connectivity index (χ4v) is 2.69. The number of fused-ring (bicyclic) bond motifs is 1. The largest absolute Gasteiger partial charge is 0.508 e. The third-order valence-electron chi connectivity index (χ3n) is 3.94. The van der Waals surface area contributed by atoms with Crippen LogP contribution in [0, 0.1) is 0 Å². The van der Waals surface area contributed by atoms with Crippen LogP contribution in [0.5, 0.6) is 17.2 Å². The van der Waals surface area contributed by atoms with E-state index >= 15 is 0 Å². The number of rotatable bonds is 5. The van der Waals surface area contributed by atoms with Gasteiger partial charge >= 0.3 is 0 Å². The zero-order chi connectivity index (χ0) is 18.2. The Kier molecular flexibility index (Phi) is 6.19. The molecular formula is C20H25N3O3. The Hall–Kier alpha value is -2.89. The highest BCUT2D eigenvalue weighted by molar-refractivity contribution is 5.93. The van der Waals surface area contributed by atoms with Gasteiger partial charge in [0.05, 0.1) is 13.2 Å². The van der Waals surface area contributed by atoms with E-state index in [4.69, 9.17) is 9.47 Å². The van der Waals surface area contributed by atoms with E-state index in [0.29, 0.717) is 25.7 Å². The van der Waals surface area contributed by atoms with Crippen LogP contribution in [0.15, 0.2) is 47.5 Å². The number of guanidine groups is 1. The smallest absolute Gasteiger partial charge is 0.195 e. The summed E-state index contributed by atoms with van der Waals surface area (Å²) in [6, 6.07) is 13.1. The van der Waals surface area contributed by atoms with Gasteiger partial charge in [-0.25, -0.2) is 0 Å². The third kappa shape index (κ3) is 5.05. The van der Waals surface area contributed by atoms with Crippen molar-refractivity contribution in [2.45, 2.75) is 19.8 Å². The molecule has 0 saturated carbocycles. The molecule has 0 bridgehead atoms. The zero-order valence-corrected chi connectivity index (χ0v) is 15.0. The standard InChI is InChI=1S/C20H25N3O3/c1-2-21-20(22-10-9-15-5-3-6-17(24)13-15)23-16-7-8-18-19(14-16)26-12-4-11-25-18/h3,5-8,13-14,24H,2,4,9-12H2,1H3,(H2,21,22,23). The Morgan fingerprint density at radius 3 is 2.77 bits per heavy atom. The predicted octanol–water partition coefficient (Wildman–Crippen LogP) is 3.17. The molecule has 2 aromatic rings. The number of hydrogen-bond donors (Lipinski definition) is 3. The molecule has 6 heteroatoms. The minimum Gasteiger partial charge on any atom is -0.508 e. The van der Waals surface area contributed by atoms with Gasteiger partial charge in [0, 0.05) is 31.3 Å². The second kappa shape index (κ2) is 8.99. The van der Waals surface area contributed by atoms with Crippen molar-refractivity contribution in [2.24, 2.45) is 4.99 Å². The van der Waals surface area contributed by atoms with Gasteiger partial charge in [0.15, 0.2) is 17.5 Å². The van der Waals surface area contributed by atoms with E-state index in [2.05, 4.69) is 15.6 Å². The van der Waals surface area contributed by atoms with Crippen LogP contribution in [-0.4, -0.2) is 37.4 Å². The van der Waals surface area contributed by atoms with Crippen molar-refractivity contribution in [3.63, 3.8) is 0 Å². The molecule has 3 N–H and O–H groups in total. The van der Waals surface area contributed by atoms with Crippen LogP contribution in [0.3, 0.4) is 0 Å². The van der Waals surface area contributed by atoms with Crippen LogP contribution in [0.2, 0.25) is 0 Å². The maximum absolute atomic E-state index is 9.53. The summed E-state index contributed by atoms with van der Waals surface area (Å²) in [4.78, 5) is 4.61. The fraction of sp³-hybridized carbons (Fsp3) is 0.350. The van der Waals surface area contributed by atoms with Crippen LogP contribution in [0.25, 0.3) is 0 Å². The summed E-state index contributed by atoms with van der Waals surface area (Å²) >= 11 is 0. The van der Waals surface area contributed by atoms with Gasteiger partial charge in [-0.1, -0.05) is 12.1 Å². The summed E-state index contributed by atoms with van der Waals surface area (Å²) < 4.78 is 11.4. The Morgan fingerprint density at radius 1 is 1.12 bits per heavy atom. The van der Waals surface area contributed by atoms with E-state index in [9.17, 15) is 5.11 Å². The maximum Gasteiger partial charge on any atom is 0.195 e. The molecule has 3 rings (SSSR count). The number of aliphatic imine (C=N–C) groups is 1. The van der Waals surface area contributed by atoms with Crippen molar-refractivity contribution in [3.8, 4) is 17.2 Å². The first-order valence-corrected chi connectivity index (χ1v) is 8.97. The summed E-state index contributed by atoms with van der Waals surface area (Å²) in [6.45, 7) is 4.75. The zero-order valence-electron chi connectivity index (χ0n) is 15.0. The molecule has 26 heavy (non-hydrogen) atoms. The van der Waals surface area contributed by atoms with E-state index in [-0.39, 0.29) is 5.75 Å². The van der Waals surface area contributed by atoms with Crippen molar-refractivity contribution in [2.75, 3.05) is 31.6 Å². The number of phenols is 1. The molecule has 0 unspecified atom stereocenters. The lowest BCUT2D eigenvalue weighted by atomic mass is 10.1. The SMILES string of the molecule is CCNC(=NCCc1cccc(O)c1)Nc1ccc2c(c1)OCCCO2. The van der Waals surface area contributed by atoms with E-state index in [1.807, 2.05) is 37.3 Å². The van der Waals surface area contributed by atoms with Crippen molar-refractivity contribution in [1.82, 2.24) is 5.32 Å². The molecule has 0 atom stereocenters. The molecule has 2 aromatic carbocycles. The number of ether oxygens (including phenoxy) is 2. The average Bonchev–Trinajstić information content (AvgIpc) is 2.87. The van der Waals surface area contributed by atoms with Gasteiger partial charge in [-0.2, -0.15) is 0 Å². The second-order valence-corrected chi connectivity index (χ2v) is 6.02. The summed E-state index contributed by atoms with van der Waals surface area (Å²) in [5.74, 6) is 2.52. The molecule has 0 radical (unpaired) electrons. The molecule has 0 spiro atoms. The van der Waals surface area contributed by atoms with E-state index < -0.39 is 0 Å². The van der Waals surface area contributed by atoms with E-state index in [0.717, 1.165) is 42.1 Å². The van der Waals surface area contributed by atoms with Crippen molar-refractivity contribution in [3.05, 3.63) is 48.0 Å². The number of phenolic OH excluding ortho intramolecular Hbond substituents is 1. The highest BCUT2D eigenvalue weighted by Gasteiger charge is 2.11. The topological polar surface area (TPSA) is 75.1 Å². The second-order valence-electron chi connectivity index (χ2n) is 6.02. The van der Waals surface area contributed by atoms with Gasteiger partial charge in [-0.05, 0) is 43.2 Å². The molecule has 0 fully saturated rings. The minimum atomic E-state index is 0.281. The lowest BCUT2D eigenvalue weighted by molar-refractivity contribution is 0.297. The first-order valence-electron chi connectivity index (χ1n) is 8.97. The van der Waals surface area contributed by atoms with Gasteiger partial charge in [0.1, 0.15) is 5.75 Å². The highest BCUT2D eigenvalue weighted by atomic mass is 16.5. The van der Waals surface area contributed by atoms with E-state index in [1.165, 1.54) is 0 Å². The molecule has 0 aliphatic carbocycles. The third-order valence-corrected chi connectivity index (χ3v) is 3.94. The monoisotopic (exact) mass is 355 g/mol. The number of anilines is 1. The Morgan fingerprint density at radius 2 is 1.96 bits per heavy atom. The Balaban J connectivity index is 1.65. The van der Waals surface area contributed by atoms with Crippen LogP contribution in [-0.2, 0) is 6.42 Å². The minimum absolute atomic E-state index is 0.281. The van der Waals surface area contributed by atoms with E-state index in [1.54, 1.807) is 12.1 Å². The quantitative estimate of drug-likeness (QED) is 0.567. The van der Waals surface area contributed by atoms with Crippen LogP contribution in [0.1, 0.15) is 18.9 Å². The molecular weight excluding hydrogens is 330 g/mol. The first-order chi connectivity index (χ1) is 12.7. The Bertz CT molecular complexity index is 762. The van der Waals surface area contributed by atoms with Gasteiger partial charge in [0.2, 0.25) is 0 Å². The average molecular weight is 355 g/mol. The number of aromatic hydroxyl groups is 1. The molecule has 1 heterocycles. The molecule has 1 aliphatic rings. The molecule has 6 nitrogen and oxygen atoms in total. The maximum atomic E-state index is 9.53. The summed E-state index contributed by atoms with van der Waals surface area (Å²) in [6.07, 6.45) is 1.64. The number of nitrogens with zero attached hydrogens (tertiary/aromatic N) is 1. The van der Waals surface area contributed by atoms with Crippen LogP contribution < -0.4 is 20.1 Å². The summed E-state index contributed by atoms with van der Waals surface area (Å²) in [5.41, 5.74) is 1.95. The van der Waals surface area contributed by atoms with Crippen molar-refractivity contribution >= 4 is 11.6 Å². The van der Waals surface area contributed by atoms with Crippen LogP contribution in [0.4, 0.5) is 5.69 Å². The Labute approximate surface area is 153 Å². The van der Waals surface area contributed by atoms with Crippen LogP contribution >= 0.6 is 0 Å². The normalized spacial score (nSPS) is 13.8. The fourth-order valence-electron chi connectivity index (χ4n) is 2.69. The number of nitrogens with one attached hydrogen (secondary N) is 2.